The van der Waals surface area contributed by atoms with Crippen LogP contribution in [0.2, 0.25) is 0 Å². The number of H-pyrrole nitrogens is 1. The van der Waals surface area contributed by atoms with Crippen molar-refractivity contribution < 1.29 is 4.74 Å². The summed E-state index contributed by atoms with van der Waals surface area (Å²) in [6.45, 7) is 4.24. The van der Waals surface area contributed by atoms with Gasteiger partial charge in [0.25, 0.3) is 5.56 Å². The van der Waals surface area contributed by atoms with Crippen LogP contribution in [0.4, 0.5) is 0 Å². The van der Waals surface area contributed by atoms with E-state index in [9.17, 15) is 4.79 Å². The van der Waals surface area contributed by atoms with Crippen LogP contribution in [0.25, 0.3) is 10.9 Å². The van der Waals surface area contributed by atoms with Crippen molar-refractivity contribution >= 4 is 22.2 Å². The normalized spacial score (nSPS) is 19.6. The van der Waals surface area contributed by atoms with Crippen LogP contribution in [0.5, 0.6) is 0 Å². The van der Waals surface area contributed by atoms with E-state index in [1.165, 1.54) is 17.7 Å². The highest BCUT2D eigenvalue weighted by atomic mass is 32.1. The van der Waals surface area contributed by atoms with E-state index in [4.69, 9.17) is 4.74 Å². The molecule has 4 heterocycles. The number of aromatic amines is 1. The molecule has 1 N–H and O–H groups in total. The first-order chi connectivity index (χ1) is 17.7. The molecule has 8 nitrogen and oxygen atoms in total. The standard InChI is InChI=1S/C27H32N6O2S/c1-18-10-11-19-15-23(27(34)28-24(19)14-18)25(26-29-30-31-33(26)20-6-2-3-7-20)32(16-21-8-4-12-35-21)17-22-9-5-13-36-22/h5,9-11,13-15,20-21,25H,2-4,6-8,12,16-17H2,1H3,(H,28,34)/t21-,25-/m0/s1. The molecule has 0 spiro atoms. The smallest absolute Gasteiger partial charge is 0.253 e. The van der Waals surface area contributed by atoms with E-state index >= 15 is 0 Å². The molecule has 36 heavy (non-hydrogen) atoms. The second-order valence-electron chi connectivity index (χ2n) is 10.1. The van der Waals surface area contributed by atoms with E-state index in [1.807, 2.05) is 23.7 Å². The molecular formula is C27H32N6O2S. The molecule has 1 aromatic carbocycles. The molecule has 0 unspecified atom stereocenters. The number of benzene rings is 1. The number of rotatable bonds is 8. The van der Waals surface area contributed by atoms with Crippen molar-refractivity contribution in [2.75, 3.05) is 13.2 Å². The number of aryl methyl sites for hydroxylation is 1. The third-order valence-electron chi connectivity index (χ3n) is 7.52. The predicted octanol–water partition coefficient (Wildman–Crippen LogP) is 4.77. The Bertz CT molecular complexity index is 1370. The molecule has 3 aromatic heterocycles. The quantitative estimate of drug-likeness (QED) is 0.372. The summed E-state index contributed by atoms with van der Waals surface area (Å²) in [7, 11) is 0. The van der Waals surface area contributed by atoms with Crippen molar-refractivity contribution in [2.24, 2.45) is 0 Å². The number of ether oxygens (including phenoxy) is 1. The molecule has 188 valence electrons. The monoisotopic (exact) mass is 504 g/mol. The fourth-order valence-electron chi connectivity index (χ4n) is 5.74. The number of hydrogen-bond donors (Lipinski definition) is 1. The lowest BCUT2D eigenvalue weighted by molar-refractivity contribution is 0.0574. The number of tetrazole rings is 1. The highest BCUT2D eigenvalue weighted by Gasteiger charge is 2.35. The van der Waals surface area contributed by atoms with E-state index in [0.717, 1.165) is 54.6 Å². The van der Waals surface area contributed by atoms with Crippen molar-refractivity contribution in [1.29, 1.82) is 0 Å². The van der Waals surface area contributed by atoms with Crippen molar-refractivity contribution in [3.63, 3.8) is 0 Å². The van der Waals surface area contributed by atoms with Crippen LogP contribution in [-0.2, 0) is 11.3 Å². The maximum absolute atomic E-state index is 13.7. The largest absolute Gasteiger partial charge is 0.377 e. The average Bonchev–Trinajstić information content (AvgIpc) is 3.68. The van der Waals surface area contributed by atoms with E-state index in [2.05, 4.69) is 55.1 Å². The molecule has 1 saturated carbocycles. The molecule has 0 bridgehead atoms. The SMILES string of the molecule is Cc1ccc2cc([C@@H](c3nnnn3C3CCCC3)N(Cc3cccs3)C[C@@H]3CCCO3)c(=O)[nH]c2c1. The molecule has 4 aromatic rings. The lowest BCUT2D eigenvalue weighted by atomic mass is 10.0. The number of nitrogens with one attached hydrogen (secondary N) is 1. The Kier molecular flexibility index (Phi) is 6.69. The van der Waals surface area contributed by atoms with Crippen LogP contribution in [0.15, 0.2) is 46.6 Å². The molecule has 0 radical (unpaired) electrons. The summed E-state index contributed by atoms with van der Waals surface area (Å²) < 4.78 is 8.06. The highest BCUT2D eigenvalue weighted by molar-refractivity contribution is 7.09. The molecule has 1 aliphatic carbocycles. The lowest BCUT2D eigenvalue weighted by Gasteiger charge is -2.33. The Morgan fingerprint density at radius 3 is 2.86 bits per heavy atom. The van der Waals surface area contributed by atoms with Gasteiger partial charge in [-0.05, 0) is 77.6 Å². The summed E-state index contributed by atoms with van der Waals surface area (Å²) in [6, 6.07) is 12.3. The molecule has 9 heteroatoms. The summed E-state index contributed by atoms with van der Waals surface area (Å²) >= 11 is 1.73. The molecular weight excluding hydrogens is 472 g/mol. The topological polar surface area (TPSA) is 88.9 Å². The number of pyridine rings is 1. The Morgan fingerprint density at radius 2 is 2.08 bits per heavy atom. The minimum absolute atomic E-state index is 0.0948. The van der Waals surface area contributed by atoms with Crippen LogP contribution in [0.1, 0.15) is 72.4 Å². The Balaban J connectivity index is 1.50. The summed E-state index contributed by atoms with van der Waals surface area (Å²) in [5, 5.41) is 16.2. The first-order valence-electron chi connectivity index (χ1n) is 12.9. The third-order valence-corrected chi connectivity index (χ3v) is 8.39. The van der Waals surface area contributed by atoms with E-state index in [-0.39, 0.29) is 23.7 Å². The van der Waals surface area contributed by atoms with Crippen LogP contribution < -0.4 is 5.56 Å². The second-order valence-corrected chi connectivity index (χ2v) is 11.1. The van der Waals surface area contributed by atoms with Crippen LogP contribution in [-0.4, -0.2) is 49.3 Å². The molecule has 1 saturated heterocycles. The number of nitrogens with zero attached hydrogens (tertiary/aromatic N) is 5. The van der Waals surface area contributed by atoms with Gasteiger partial charge in [0, 0.05) is 35.7 Å². The van der Waals surface area contributed by atoms with Gasteiger partial charge in [-0.3, -0.25) is 9.69 Å². The zero-order chi connectivity index (χ0) is 24.5. The molecule has 6 rings (SSSR count). The number of hydrogen-bond acceptors (Lipinski definition) is 7. The Hall–Kier alpha value is -2.88. The zero-order valence-electron chi connectivity index (χ0n) is 20.6. The summed E-state index contributed by atoms with van der Waals surface area (Å²) in [6.07, 6.45) is 6.71. The highest BCUT2D eigenvalue weighted by Crippen LogP contribution is 2.35. The zero-order valence-corrected chi connectivity index (χ0v) is 21.4. The fraction of sp³-hybridized carbons (Fsp3) is 0.481. The molecule has 2 aliphatic rings. The van der Waals surface area contributed by atoms with Gasteiger partial charge in [-0.2, -0.15) is 0 Å². The first kappa shape index (κ1) is 23.5. The lowest BCUT2D eigenvalue weighted by Crippen LogP contribution is -2.39. The molecule has 2 fully saturated rings. The summed E-state index contributed by atoms with van der Waals surface area (Å²) in [5.74, 6) is 0.744. The van der Waals surface area contributed by atoms with Gasteiger partial charge in [-0.1, -0.05) is 31.0 Å². The molecule has 2 atom stereocenters. The van der Waals surface area contributed by atoms with Crippen molar-refractivity contribution in [3.05, 3.63) is 74.0 Å². The van der Waals surface area contributed by atoms with Gasteiger partial charge in [-0.25, -0.2) is 4.68 Å². The van der Waals surface area contributed by atoms with Gasteiger partial charge in [0.15, 0.2) is 5.82 Å². The van der Waals surface area contributed by atoms with Gasteiger partial charge in [-0.15, -0.1) is 16.4 Å². The number of thiophene rings is 1. The Labute approximate surface area is 214 Å². The Morgan fingerprint density at radius 1 is 1.19 bits per heavy atom. The average molecular weight is 505 g/mol. The number of aromatic nitrogens is 5. The van der Waals surface area contributed by atoms with Crippen molar-refractivity contribution in [1.82, 2.24) is 30.1 Å². The maximum Gasteiger partial charge on any atom is 0.253 e. The maximum atomic E-state index is 13.7. The van der Waals surface area contributed by atoms with Crippen molar-refractivity contribution in [2.45, 2.75) is 70.2 Å². The third kappa shape index (κ3) is 4.75. The predicted molar refractivity (Wildman–Crippen MR) is 140 cm³/mol. The van der Waals surface area contributed by atoms with Gasteiger partial charge < -0.3 is 9.72 Å². The minimum Gasteiger partial charge on any atom is -0.377 e. The van der Waals surface area contributed by atoms with Gasteiger partial charge >= 0.3 is 0 Å². The van der Waals surface area contributed by atoms with Crippen molar-refractivity contribution in [3.8, 4) is 0 Å². The second kappa shape index (κ2) is 10.2. The van der Waals surface area contributed by atoms with E-state index in [1.54, 1.807) is 11.3 Å². The van der Waals surface area contributed by atoms with Crippen LogP contribution in [0, 0.1) is 6.92 Å². The minimum atomic E-state index is -0.388. The van der Waals surface area contributed by atoms with E-state index < -0.39 is 0 Å². The summed E-state index contributed by atoms with van der Waals surface area (Å²) in [5.41, 5.74) is 2.55. The molecule has 1 aliphatic heterocycles. The molecule has 0 amide bonds. The summed E-state index contributed by atoms with van der Waals surface area (Å²) in [4.78, 5) is 20.4. The van der Waals surface area contributed by atoms with E-state index in [0.29, 0.717) is 18.7 Å². The van der Waals surface area contributed by atoms with Crippen LogP contribution in [0.3, 0.4) is 0 Å². The van der Waals surface area contributed by atoms with Gasteiger partial charge in [0.05, 0.1) is 12.1 Å². The van der Waals surface area contributed by atoms with Gasteiger partial charge in [0.2, 0.25) is 0 Å². The van der Waals surface area contributed by atoms with Gasteiger partial charge in [0.1, 0.15) is 6.04 Å². The van der Waals surface area contributed by atoms with Crippen LogP contribution >= 0.6 is 11.3 Å². The first-order valence-corrected chi connectivity index (χ1v) is 13.8. The number of fused-ring (bicyclic) bond motifs is 1. The fourth-order valence-corrected chi connectivity index (χ4v) is 6.47.